The summed E-state index contributed by atoms with van der Waals surface area (Å²) in [5, 5.41) is 3.42. The molecule has 0 atom stereocenters. The Morgan fingerprint density at radius 1 is 1.44 bits per heavy atom. The minimum absolute atomic E-state index is 0.409. The highest BCUT2D eigenvalue weighted by Gasteiger charge is 2.10. The lowest BCUT2D eigenvalue weighted by molar-refractivity contribution is 0.842. The van der Waals surface area contributed by atoms with Crippen LogP contribution in [0.4, 0.5) is 5.69 Å². The van der Waals surface area contributed by atoms with Crippen molar-refractivity contribution < 1.29 is 0 Å². The first-order chi connectivity index (χ1) is 8.56. The van der Waals surface area contributed by atoms with E-state index >= 15 is 0 Å². The number of pyridine rings is 1. The van der Waals surface area contributed by atoms with E-state index in [4.69, 9.17) is 18.0 Å². The highest BCUT2D eigenvalue weighted by Crippen LogP contribution is 2.19. The highest BCUT2D eigenvalue weighted by molar-refractivity contribution is 7.98. The standard InChI is InChI=1S/C13H21N3S2/c1-9-8-11(15-6-4-5-7-18-3)12(13(14)17)10(2)16-9/h8H,4-7H2,1-3H3,(H2,14,17)(H,15,16). The second-order valence-corrected chi connectivity index (χ2v) is 5.69. The Morgan fingerprint density at radius 3 is 2.78 bits per heavy atom. The van der Waals surface area contributed by atoms with Gasteiger partial charge in [-0.3, -0.25) is 4.98 Å². The topological polar surface area (TPSA) is 50.9 Å². The van der Waals surface area contributed by atoms with Crippen LogP contribution in [0.25, 0.3) is 0 Å². The van der Waals surface area contributed by atoms with Gasteiger partial charge in [0.1, 0.15) is 4.99 Å². The second-order valence-electron chi connectivity index (χ2n) is 4.26. The molecule has 0 saturated heterocycles. The zero-order valence-electron chi connectivity index (χ0n) is 11.2. The van der Waals surface area contributed by atoms with E-state index in [0.717, 1.165) is 35.6 Å². The van der Waals surface area contributed by atoms with Crippen LogP contribution in [0.1, 0.15) is 29.8 Å². The Kier molecular flexibility index (Phi) is 6.43. The number of aryl methyl sites for hydroxylation is 2. The first kappa shape index (κ1) is 15.2. The third kappa shape index (κ3) is 4.46. The van der Waals surface area contributed by atoms with Crippen molar-refractivity contribution in [3.05, 3.63) is 23.0 Å². The summed E-state index contributed by atoms with van der Waals surface area (Å²) in [7, 11) is 0. The maximum Gasteiger partial charge on any atom is 0.107 e. The van der Waals surface area contributed by atoms with Gasteiger partial charge in [-0.05, 0) is 44.8 Å². The fourth-order valence-electron chi connectivity index (χ4n) is 1.87. The zero-order valence-corrected chi connectivity index (χ0v) is 12.9. The van der Waals surface area contributed by atoms with Crippen molar-refractivity contribution in [2.24, 2.45) is 5.73 Å². The number of hydrogen-bond donors (Lipinski definition) is 2. The van der Waals surface area contributed by atoms with E-state index in [2.05, 4.69) is 16.6 Å². The number of anilines is 1. The molecule has 3 nitrogen and oxygen atoms in total. The maximum absolute atomic E-state index is 5.77. The fraction of sp³-hybridized carbons (Fsp3) is 0.538. The molecule has 3 N–H and O–H groups in total. The summed E-state index contributed by atoms with van der Waals surface area (Å²) in [6.45, 7) is 4.87. The number of thiocarbonyl (C=S) groups is 1. The Balaban J connectivity index is 2.71. The smallest absolute Gasteiger partial charge is 0.107 e. The molecule has 100 valence electrons. The van der Waals surface area contributed by atoms with E-state index in [9.17, 15) is 0 Å². The van der Waals surface area contributed by atoms with E-state index in [1.54, 1.807) is 0 Å². The van der Waals surface area contributed by atoms with Crippen molar-refractivity contribution in [1.29, 1.82) is 0 Å². The largest absolute Gasteiger partial charge is 0.389 e. The molecular formula is C13H21N3S2. The summed E-state index contributed by atoms with van der Waals surface area (Å²) in [4.78, 5) is 4.81. The van der Waals surface area contributed by atoms with Crippen LogP contribution in [0.5, 0.6) is 0 Å². The number of hydrogen-bond acceptors (Lipinski definition) is 4. The normalized spacial score (nSPS) is 10.4. The van der Waals surface area contributed by atoms with Gasteiger partial charge in [0.25, 0.3) is 0 Å². The van der Waals surface area contributed by atoms with Gasteiger partial charge in [0.15, 0.2) is 0 Å². The van der Waals surface area contributed by atoms with Gasteiger partial charge in [0.05, 0.1) is 5.56 Å². The third-order valence-corrected chi connectivity index (χ3v) is 3.57. The van der Waals surface area contributed by atoms with E-state index in [-0.39, 0.29) is 0 Å². The molecule has 0 unspecified atom stereocenters. The molecule has 0 aliphatic carbocycles. The monoisotopic (exact) mass is 283 g/mol. The summed E-state index contributed by atoms with van der Waals surface area (Å²) in [6.07, 6.45) is 4.51. The molecule has 0 aromatic carbocycles. The summed E-state index contributed by atoms with van der Waals surface area (Å²) >= 11 is 6.98. The Bertz CT molecular complexity index is 419. The second kappa shape index (κ2) is 7.59. The molecule has 5 heteroatoms. The van der Waals surface area contributed by atoms with Crippen LogP contribution in [0.2, 0.25) is 0 Å². The van der Waals surface area contributed by atoms with Crippen molar-refractivity contribution in [2.75, 3.05) is 23.9 Å². The molecule has 0 aliphatic heterocycles. The molecule has 0 amide bonds. The van der Waals surface area contributed by atoms with Crippen LogP contribution in [-0.4, -0.2) is 28.5 Å². The average molecular weight is 283 g/mol. The van der Waals surface area contributed by atoms with Gasteiger partial charge >= 0.3 is 0 Å². The molecule has 18 heavy (non-hydrogen) atoms. The molecule has 0 saturated carbocycles. The van der Waals surface area contributed by atoms with Crippen molar-refractivity contribution in [1.82, 2.24) is 4.98 Å². The predicted molar refractivity (Wildman–Crippen MR) is 85.7 cm³/mol. The number of unbranched alkanes of at least 4 members (excludes halogenated alkanes) is 1. The van der Waals surface area contributed by atoms with Gasteiger partial charge < -0.3 is 11.1 Å². The van der Waals surface area contributed by atoms with Crippen molar-refractivity contribution in [3.8, 4) is 0 Å². The van der Waals surface area contributed by atoms with E-state index in [0.29, 0.717) is 4.99 Å². The van der Waals surface area contributed by atoms with Crippen LogP contribution >= 0.6 is 24.0 Å². The highest BCUT2D eigenvalue weighted by atomic mass is 32.2. The Labute approximate surface area is 119 Å². The van der Waals surface area contributed by atoms with Crippen LogP contribution in [-0.2, 0) is 0 Å². The van der Waals surface area contributed by atoms with Crippen LogP contribution in [0.15, 0.2) is 6.07 Å². The SMILES string of the molecule is CSCCCCNc1cc(C)nc(C)c1C(N)=S. The lowest BCUT2D eigenvalue weighted by Gasteiger charge is -2.14. The maximum atomic E-state index is 5.77. The molecule has 0 radical (unpaired) electrons. The number of nitrogens with one attached hydrogen (secondary N) is 1. The molecule has 0 aliphatic rings. The van der Waals surface area contributed by atoms with Crippen molar-refractivity contribution >= 4 is 34.7 Å². The Morgan fingerprint density at radius 2 is 2.17 bits per heavy atom. The van der Waals surface area contributed by atoms with Crippen LogP contribution in [0.3, 0.4) is 0 Å². The summed E-state index contributed by atoms with van der Waals surface area (Å²) in [5.74, 6) is 1.21. The molecular weight excluding hydrogens is 262 g/mol. The van der Waals surface area contributed by atoms with Gasteiger partial charge in [0.2, 0.25) is 0 Å². The Hall–Kier alpha value is -0.810. The molecule has 1 aromatic heterocycles. The molecule has 1 heterocycles. The van der Waals surface area contributed by atoms with Gasteiger partial charge in [-0.15, -0.1) is 0 Å². The quantitative estimate of drug-likeness (QED) is 0.595. The van der Waals surface area contributed by atoms with Gasteiger partial charge in [0, 0.05) is 23.6 Å². The molecule has 0 bridgehead atoms. The summed E-state index contributed by atoms with van der Waals surface area (Å²) in [6, 6.07) is 2.01. The minimum atomic E-state index is 0.409. The third-order valence-electron chi connectivity index (χ3n) is 2.67. The fourth-order valence-corrected chi connectivity index (χ4v) is 2.62. The number of nitrogens with two attached hydrogens (primary N) is 1. The van der Waals surface area contributed by atoms with Gasteiger partial charge in [-0.25, -0.2) is 0 Å². The molecule has 0 fully saturated rings. The van der Waals surface area contributed by atoms with Gasteiger partial charge in [-0.1, -0.05) is 12.2 Å². The first-order valence-electron chi connectivity index (χ1n) is 6.07. The molecule has 1 aromatic rings. The van der Waals surface area contributed by atoms with Crippen molar-refractivity contribution in [2.45, 2.75) is 26.7 Å². The summed E-state index contributed by atoms with van der Waals surface area (Å²) in [5.41, 5.74) is 9.53. The van der Waals surface area contributed by atoms with Crippen molar-refractivity contribution in [3.63, 3.8) is 0 Å². The number of nitrogens with zero attached hydrogens (tertiary/aromatic N) is 1. The average Bonchev–Trinajstić information content (AvgIpc) is 2.27. The number of rotatable bonds is 7. The number of aromatic nitrogens is 1. The lowest BCUT2D eigenvalue weighted by atomic mass is 10.1. The van der Waals surface area contributed by atoms with Crippen LogP contribution in [0, 0.1) is 13.8 Å². The molecule has 1 rings (SSSR count). The van der Waals surface area contributed by atoms with E-state index < -0.39 is 0 Å². The minimum Gasteiger partial charge on any atom is -0.389 e. The van der Waals surface area contributed by atoms with E-state index in [1.165, 1.54) is 12.2 Å². The lowest BCUT2D eigenvalue weighted by Crippen LogP contribution is -2.17. The predicted octanol–water partition coefficient (Wildman–Crippen LogP) is 2.89. The van der Waals surface area contributed by atoms with Crippen LogP contribution < -0.4 is 11.1 Å². The summed E-state index contributed by atoms with van der Waals surface area (Å²) < 4.78 is 0. The first-order valence-corrected chi connectivity index (χ1v) is 7.87. The number of thioether (sulfide) groups is 1. The van der Waals surface area contributed by atoms with E-state index in [1.807, 2.05) is 31.7 Å². The zero-order chi connectivity index (χ0) is 13.5. The molecule has 0 spiro atoms. The van der Waals surface area contributed by atoms with Gasteiger partial charge in [-0.2, -0.15) is 11.8 Å².